The first-order chi connectivity index (χ1) is 10.2. The number of halogens is 1. The number of non-ortho nitro benzene ring substituents is 1. The van der Waals surface area contributed by atoms with Crippen molar-refractivity contribution in [2.75, 3.05) is 6.54 Å². The van der Waals surface area contributed by atoms with Crippen LogP contribution in [0.3, 0.4) is 0 Å². The summed E-state index contributed by atoms with van der Waals surface area (Å²) in [6, 6.07) is 7.05. The lowest BCUT2D eigenvalue weighted by molar-refractivity contribution is -0.384. The van der Waals surface area contributed by atoms with E-state index in [0.29, 0.717) is 12.6 Å². The van der Waals surface area contributed by atoms with Gasteiger partial charge in [-0.05, 0) is 25.3 Å². The Morgan fingerprint density at radius 1 is 1.32 bits per heavy atom. The standard InChI is InChI=1S/C15H22N4O2.HI/c1-2-16-15(18-13-5-3-4-6-13)17-11-12-7-9-14(10-8-12)19(20)21;/h7-10,13H,2-6,11H2,1H3,(H2,16,17,18);1H. The van der Waals surface area contributed by atoms with Gasteiger partial charge in [-0.15, -0.1) is 24.0 Å². The topological polar surface area (TPSA) is 79.6 Å². The number of hydrogen-bond donors (Lipinski definition) is 2. The zero-order valence-corrected chi connectivity index (χ0v) is 15.1. The fraction of sp³-hybridized carbons (Fsp3) is 0.533. The Labute approximate surface area is 148 Å². The molecule has 122 valence electrons. The summed E-state index contributed by atoms with van der Waals surface area (Å²) in [5.41, 5.74) is 1.07. The second-order valence-electron chi connectivity index (χ2n) is 5.24. The maximum absolute atomic E-state index is 10.6. The van der Waals surface area contributed by atoms with Crippen molar-refractivity contribution in [2.45, 2.75) is 45.2 Å². The maximum Gasteiger partial charge on any atom is 0.269 e. The Balaban J connectivity index is 0.00000242. The first-order valence-electron chi connectivity index (χ1n) is 7.47. The van der Waals surface area contributed by atoms with E-state index in [1.54, 1.807) is 12.1 Å². The minimum Gasteiger partial charge on any atom is -0.357 e. The number of nitrogens with zero attached hydrogens (tertiary/aromatic N) is 2. The summed E-state index contributed by atoms with van der Waals surface area (Å²) >= 11 is 0. The van der Waals surface area contributed by atoms with Crippen LogP contribution in [0.1, 0.15) is 38.2 Å². The number of rotatable bonds is 5. The molecule has 7 heteroatoms. The van der Waals surface area contributed by atoms with Crippen LogP contribution in [0.15, 0.2) is 29.3 Å². The molecule has 0 bridgehead atoms. The summed E-state index contributed by atoms with van der Waals surface area (Å²) in [6.07, 6.45) is 4.95. The van der Waals surface area contributed by atoms with Crippen LogP contribution in [0.4, 0.5) is 5.69 Å². The molecule has 0 saturated heterocycles. The maximum atomic E-state index is 10.6. The zero-order valence-electron chi connectivity index (χ0n) is 12.7. The van der Waals surface area contributed by atoms with Crippen molar-refractivity contribution in [3.63, 3.8) is 0 Å². The SMILES string of the molecule is CCNC(=NCc1ccc([N+](=O)[O-])cc1)NC1CCCC1.I. The summed E-state index contributed by atoms with van der Waals surface area (Å²) in [7, 11) is 0. The van der Waals surface area contributed by atoms with Crippen molar-refractivity contribution < 1.29 is 4.92 Å². The molecule has 1 aliphatic carbocycles. The van der Waals surface area contributed by atoms with Gasteiger partial charge in [-0.1, -0.05) is 25.0 Å². The Kier molecular flexibility index (Phi) is 8.15. The van der Waals surface area contributed by atoms with E-state index >= 15 is 0 Å². The average molecular weight is 418 g/mol. The van der Waals surface area contributed by atoms with Gasteiger partial charge in [-0.25, -0.2) is 4.99 Å². The van der Waals surface area contributed by atoms with E-state index in [1.165, 1.54) is 37.8 Å². The molecule has 1 aromatic carbocycles. The fourth-order valence-electron chi connectivity index (χ4n) is 2.48. The van der Waals surface area contributed by atoms with Crippen LogP contribution >= 0.6 is 24.0 Å². The van der Waals surface area contributed by atoms with Gasteiger partial charge in [0.15, 0.2) is 5.96 Å². The molecule has 0 aliphatic heterocycles. The van der Waals surface area contributed by atoms with Crippen molar-refractivity contribution in [2.24, 2.45) is 4.99 Å². The number of nitrogens with one attached hydrogen (secondary N) is 2. The highest BCUT2D eigenvalue weighted by Crippen LogP contribution is 2.17. The molecular formula is C15H23IN4O2. The summed E-state index contributed by atoms with van der Waals surface area (Å²) in [5.74, 6) is 0.822. The predicted octanol–water partition coefficient (Wildman–Crippen LogP) is 3.21. The van der Waals surface area contributed by atoms with Gasteiger partial charge in [0.05, 0.1) is 11.5 Å². The summed E-state index contributed by atoms with van der Waals surface area (Å²) < 4.78 is 0. The summed E-state index contributed by atoms with van der Waals surface area (Å²) in [6.45, 7) is 3.37. The molecule has 6 nitrogen and oxygen atoms in total. The quantitative estimate of drug-likeness (QED) is 0.253. The minimum atomic E-state index is -0.390. The van der Waals surface area contributed by atoms with E-state index in [0.717, 1.165) is 18.1 Å². The molecule has 0 atom stereocenters. The number of guanidine groups is 1. The molecule has 0 heterocycles. The first kappa shape index (κ1) is 18.7. The molecule has 1 saturated carbocycles. The second-order valence-corrected chi connectivity index (χ2v) is 5.24. The predicted molar refractivity (Wildman–Crippen MR) is 98.7 cm³/mol. The zero-order chi connectivity index (χ0) is 15.1. The number of nitro groups is 1. The second kappa shape index (κ2) is 9.60. The Bertz CT molecular complexity index is 499. The van der Waals surface area contributed by atoms with Gasteiger partial charge in [0.25, 0.3) is 5.69 Å². The smallest absolute Gasteiger partial charge is 0.269 e. The normalized spacial score (nSPS) is 15.2. The van der Waals surface area contributed by atoms with Gasteiger partial charge in [-0.3, -0.25) is 10.1 Å². The van der Waals surface area contributed by atoms with Gasteiger partial charge in [-0.2, -0.15) is 0 Å². The number of hydrogen-bond acceptors (Lipinski definition) is 3. The minimum absolute atomic E-state index is 0. The van der Waals surface area contributed by atoms with Crippen molar-refractivity contribution in [3.05, 3.63) is 39.9 Å². The summed E-state index contributed by atoms with van der Waals surface area (Å²) in [5, 5.41) is 17.3. The molecule has 22 heavy (non-hydrogen) atoms. The van der Waals surface area contributed by atoms with Gasteiger partial charge in [0.2, 0.25) is 0 Å². The Hall–Kier alpha value is -1.38. The molecule has 0 radical (unpaired) electrons. The number of benzene rings is 1. The van der Waals surface area contributed by atoms with Crippen molar-refractivity contribution in [3.8, 4) is 0 Å². The molecule has 1 fully saturated rings. The highest BCUT2D eigenvalue weighted by molar-refractivity contribution is 14.0. The van der Waals surface area contributed by atoms with Crippen molar-refractivity contribution >= 4 is 35.6 Å². The fourth-order valence-corrected chi connectivity index (χ4v) is 2.48. The van der Waals surface area contributed by atoms with Crippen LogP contribution in [-0.2, 0) is 6.54 Å². The molecule has 2 N–H and O–H groups in total. The van der Waals surface area contributed by atoms with Crippen LogP contribution in [-0.4, -0.2) is 23.5 Å². The third-order valence-corrected chi connectivity index (χ3v) is 3.61. The van der Waals surface area contributed by atoms with E-state index in [1.807, 2.05) is 6.92 Å². The van der Waals surface area contributed by atoms with Crippen LogP contribution in [0.2, 0.25) is 0 Å². The van der Waals surface area contributed by atoms with E-state index in [4.69, 9.17) is 0 Å². The van der Waals surface area contributed by atoms with Crippen molar-refractivity contribution in [1.29, 1.82) is 0 Å². The van der Waals surface area contributed by atoms with Crippen LogP contribution in [0, 0.1) is 10.1 Å². The lowest BCUT2D eigenvalue weighted by Gasteiger charge is -2.16. The van der Waals surface area contributed by atoms with Crippen LogP contribution in [0.25, 0.3) is 0 Å². The lowest BCUT2D eigenvalue weighted by Crippen LogP contribution is -2.42. The molecule has 0 spiro atoms. The van der Waals surface area contributed by atoms with Gasteiger partial charge in [0.1, 0.15) is 0 Å². The average Bonchev–Trinajstić information content (AvgIpc) is 2.98. The molecule has 0 unspecified atom stereocenters. The van der Waals surface area contributed by atoms with E-state index in [-0.39, 0.29) is 29.7 Å². The van der Waals surface area contributed by atoms with Crippen LogP contribution in [0.5, 0.6) is 0 Å². The molecule has 1 aromatic rings. The highest BCUT2D eigenvalue weighted by Gasteiger charge is 2.15. The molecule has 1 aliphatic rings. The molecule has 2 rings (SSSR count). The summed E-state index contributed by atoms with van der Waals surface area (Å²) in [4.78, 5) is 14.8. The van der Waals surface area contributed by atoms with Gasteiger partial charge < -0.3 is 10.6 Å². The number of aliphatic imine (C=N–C) groups is 1. The van der Waals surface area contributed by atoms with Crippen LogP contribution < -0.4 is 10.6 Å². The molecule has 0 aromatic heterocycles. The van der Waals surface area contributed by atoms with Crippen molar-refractivity contribution in [1.82, 2.24) is 10.6 Å². The van der Waals surface area contributed by atoms with Gasteiger partial charge in [0, 0.05) is 24.7 Å². The third kappa shape index (κ3) is 5.78. The monoisotopic (exact) mass is 418 g/mol. The molecule has 0 amide bonds. The highest BCUT2D eigenvalue weighted by atomic mass is 127. The van der Waals surface area contributed by atoms with E-state index in [2.05, 4.69) is 15.6 Å². The van der Waals surface area contributed by atoms with Gasteiger partial charge >= 0.3 is 0 Å². The number of nitro benzene ring substituents is 1. The lowest BCUT2D eigenvalue weighted by atomic mass is 10.2. The van der Waals surface area contributed by atoms with E-state index < -0.39 is 4.92 Å². The first-order valence-corrected chi connectivity index (χ1v) is 7.47. The third-order valence-electron chi connectivity index (χ3n) is 3.61. The Morgan fingerprint density at radius 3 is 2.50 bits per heavy atom. The largest absolute Gasteiger partial charge is 0.357 e. The molecular weight excluding hydrogens is 395 g/mol. The van der Waals surface area contributed by atoms with E-state index in [9.17, 15) is 10.1 Å². The Morgan fingerprint density at radius 2 is 1.95 bits per heavy atom.